The van der Waals surface area contributed by atoms with Gasteiger partial charge in [-0.3, -0.25) is 4.79 Å². The van der Waals surface area contributed by atoms with Crippen LogP contribution in [0.15, 0.2) is 30.6 Å². The smallest absolute Gasteiger partial charge is 0.261 e. The van der Waals surface area contributed by atoms with Crippen molar-refractivity contribution in [2.45, 2.75) is 39.0 Å². The summed E-state index contributed by atoms with van der Waals surface area (Å²) in [5.74, 6) is -0.221. The van der Waals surface area contributed by atoms with Gasteiger partial charge in [-0.2, -0.15) is 5.10 Å². The Hall–Kier alpha value is -2.40. The van der Waals surface area contributed by atoms with E-state index in [0.717, 1.165) is 24.8 Å². The van der Waals surface area contributed by atoms with Gasteiger partial charge in [0.2, 0.25) is 0 Å². The Morgan fingerprint density at radius 2 is 2.04 bits per heavy atom. The molecule has 1 N–H and O–H groups in total. The monoisotopic (exact) mass is 354 g/mol. The second kappa shape index (κ2) is 6.48. The van der Waals surface area contributed by atoms with Crippen molar-refractivity contribution < 1.29 is 4.79 Å². The maximum atomic E-state index is 12.7. The lowest BCUT2D eigenvalue weighted by atomic mass is 10.1. The van der Waals surface area contributed by atoms with E-state index in [-0.39, 0.29) is 5.91 Å². The van der Waals surface area contributed by atoms with E-state index in [1.165, 1.54) is 24.1 Å². The van der Waals surface area contributed by atoms with E-state index in [9.17, 15) is 4.79 Å². The average Bonchev–Trinajstić information content (AvgIpc) is 2.89. The van der Waals surface area contributed by atoms with E-state index in [1.807, 2.05) is 23.7 Å². The maximum absolute atomic E-state index is 12.7. The summed E-state index contributed by atoms with van der Waals surface area (Å²) in [4.78, 5) is 17.3. The number of rotatable bonds is 2. The largest absolute Gasteiger partial charge is 0.322 e. The van der Waals surface area contributed by atoms with Gasteiger partial charge in [-0.15, -0.1) is 0 Å². The molecule has 1 aromatic carbocycles. The Balaban J connectivity index is 1.71. The number of halogens is 1. The lowest BCUT2D eigenvalue weighted by molar-refractivity contribution is 0.102. The fourth-order valence-corrected chi connectivity index (χ4v) is 3.52. The number of nitrogens with one attached hydrogen (secondary N) is 1. The minimum Gasteiger partial charge on any atom is -0.322 e. The molecule has 2 aromatic heterocycles. The first-order valence-corrected chi connectivity index (χ1v) is 8.93. The van der Waals surface area contributed by atoms with Crippen LogP contribution in [0.25, 0.3) is 5.65 Å². The van der Waals surface area contributed by atoms with Gasteiger partial charge in [-0.05, 0) is 55.9 Å². The molecule has 0 atom stereocenters. The predicted molar refractivity (Wildman–Crippen MR) is 98.4 cm³/mol. The highest BCUT2D eigenvalue weighted by atomic mass is 35.5. The van der Waals surface area contributed by atoms with Crippen molar-refractivity contribution in [3.63, 3.8) is 0 Å². The van der Waals surface area contributed by atoms with Gasteiger partial charge in [0.05, 0.1) is 6.20 Å². The third-order valence-electron chi connectivity index (χ3n) is 4.76. The van der Waals surface area contributed by atoms with Crippen LogP contribution in [0.1, 0.15) is 46.4 Å². The van der Waals surface area contributed by atoms with E-state index < -0.39 is 0 Å². The molecule has 2 heterocycles. The van der Waals surface area contributed by atoms with Crippen LogP contribution in [0.2, 0.25) is 5.02 Å². The predicted octanol–water partition coefficient (Wildman–Crippen LogP) is 4.21. The summed E-state index contributed by atoms with van der Waals surface area (Å²) in [5.41, 5.74) is 5.16. The minimum absolute atomic E-state index is 0.221. The van der Waals surface area contributed by atoms with Crippen molar-refractivity contribution >= 4 is 28.8 Å². The second-order valence-corrected chi connectivity index (χ2v) is 6.93. The quantitative estimate of drug-likeness (QED) is 0.701. The molecule has 6 heteroatoms. The summed E-state index contributed by atoms with van der Waals surface area (Å²) in [6.45, 7) is 1.93. The van der Waals surface area contributed by atoms with Crippen LogP contribution in [0.3, 0.4) is 0 Å². The highest BCUT2D eigenvalue weighted by Gasteiger charge is 2.19. The Bertz CT molecular complexity index is 963. The number of carbonyl (C=O) groups is 1. The van der Waals surface area contributed by atoms with E-state index in [4.69, 9.17) is 11.6 Å². The van der Waals surface area contributed by atoms with Crippen molar-refractivity contribution in [2.24, 2.45) is 0 Å². The molecular formula is C19H19ClN4O. The lowest BCUT2D eigenvalue weighted by Gasteiger charge is -2.09. The number of anilines is 1. The van der Waals surface area contributed by atoms with Crippen molar-refractivity contribution in [3.05, 3.63) is 58.0 Å². The fourth-order valence-electron chi connectivity index (χ4n) is 3.35. The number of hydrogen-bond donors (Lipinski definition) is 1. The zero-order chi connectivity index (χ0) is 17.4. The van der Waals surface area contributed by atoms with Crippen molar-refractivity contribution in [1.82, 2.24) is 14.6 Å². The molecule has 0 bridgehead atoms. The van der Waals surface area contributed by atoms with Crippen LogP contribution >= 0.6 is 11.6 Å². The Kier molecular flexibility index (Phi) is 4.17. The highest BCUT2D eigenvalue weighted by molar-refractivity contribution is 6.31. The molecule has 1 aliphatic rings. The van der Waals surface area contributed by atoms with Gasteiger partial charge in [0.15, 0.2) is 5.65 Å². The molecule has 128 valence electrons. The van der Waals surface area contributed by atoms with Crippen molar-refractivity contribution in [3.8, 4) is 0 Å². The lowest BCUT2D eigenvalue weighted by Crippen LogP contribution is -2.13. The molecule has 5 nitrogen and oxygen atoms in total. The van der Waals surface area contributed by atoms with Crippen LogP contribution in [-0.2, 0) is 12.8 Å². The third-order valence-corrected chi connectivity index (χ3v) is 5.00. The van der Waals surface area contributed by atoms with Crippen LogP contribution in [-0.4, -0.2) is 20.5 Å². The Morgan fingerprint density at radius 1 is 1.20 bits per heavy atom. The maximum Gasteiger partial charge on any atom is 0.261 e. The van der Waals surface area contributed by atoms with E-state index in [0.29, 0.717) is 21.9 Å². The second-order valence-electron chi connectivity index (χ2n) is 6.50. The average molecular weight is 355 g/mol. The summed E-state index contributed by atoms with van der Waals surface area (Å²) in [7, 11) is 0. The molecule has 25 heavy (non-hydrogen) atoms. The molecule has 0 fully saturated rings. The summed E-state index contributed by atoms with van der Waals surface area (Å²) >= 11 is 6.03. The van der Waals surface area contributed by atoms with Gasteiger partial charge in [0.25, 0.3) is 5.91 Å². The normalized spacial score (nSPS) is 14.2. The molecule has 1 aliphatic carbocycles. The molecule has 1 amide bonds. The van der Waals surface area contributed by atoms with E-state index in [2.05, 4.69) is 15.4 Å². The molecule has 4 rings (SSSR count). The first-order valence-electron chi connectivity index (χ1n) is 8.55. The summed E-state index contributed by atoms with van der Waals surface area (Å²) in [6.07, 6.45) is 9.06. The zero-order valence-corrected chi connectivity index (χ0v) is 14.8. The van der Waals surface area contributed by atoms with E-state index >= 15 is 0 Å². The molecule has 0 saturated carbocycles. The van der Waals surface area contributed by atoms with Gasteiger partial charge in [0.1, 0.15) is 5.56 Å². The topological polar surface area (TPSA) is 59.3 Å². The highest BCUT2D eigenvalue weighted by Crippen LogP contribution is 2.24. The standard InChI is InChI=1S/C19H19ClN4O/c1-12-7-8-14(20)9-16(12)23-19(25)15-11-22-24-17-6-4-2-3-5-13(17)10-21-18(15)24/h7-11H,2-6H2,1H3,(H,23,25). The molecule has 0 spiro atoms. The number of amides is 1. The molecule has 0 unspecified atom stereocenters. The minimum atomic E-state index is -0.221. The number of benzene rings is 1. The summed E-state index contributed by atoms with van der Waals surface area (Å²) < 4.78 is 1.83. The first kappa shape index (κ1) is 16.1. The number of carbonyl (C=O) groups excluding carboxylic acids is 1. The molecular weight excluding hydrogens is 336 g/mol. The van der Waals surface area contributed by atoms with Crippen LogP contribution in [0.5, 0.6) is 0 Å². The van der Waals surface area contributed by atoms with Gasteiger partial charge < -0.3 is 5.32 Å². The van der Waals surface area contributed by atoms with Crippen LogP contribution < -0.4 is 5.32 Å². The number of nitrogens with zero attached hydrogens (tertiary/aromatic N) is 3. The van der Waals surface area contributed by atoms with E-state index in [1.54, 1.807) is 18.3 Å². The Labute approximate surface area is 151 Å². The molecule has 3 aromatic rings. The summed E-state index contributed by atoms with van der Waals surface area (Å²) in [5, 5.41) is 7.95. The molecule has 0 saturated heterocycles. The zero-order valence-electron chi connectivity index (χ0n) is 14.1. The Morgan fingerprint density at radius 3 is 2.92 bits per heavy atom. The van der Waals surface area contributed by atoms with Crippen LogP contribution in [0.4, 0.5) is 5.69 Å². The molecule has 0 radical (unpaired) electrons. The molecule has 0 aliphatic heterocycles. The fraction of sp³-hybridized carbons (Fsp3) is 0.316. The SMILES string of the molecule is Cc1ccc(Cl)cc1NC(=O)c1cnn2c3c(cnc12)CCCCC3. The summed E-state index contributed by atoms with van der Waals surface area (Å²) in [6, 6.07) is 5.44. The third kappa shape index (κ3) is 3.00. The number of aryl methyl sites for hydroxylation is 3. The number of aromatic nitrogens is 3. The number of fused-ring (bicyclic) bond motifs is 3. The van der Waals surface area contributed by atoms with Crippen LogP contribution in [0, 0.1) is 6.92 Å². The first-order chi connectivity index (χ1) is 12.1. The number of hydrogen-bond acceptors (Lipinski definition) is 3. The van der Waals surface area contributed by atoms with Crippen molar-refractivity contribution in [2.75, 3.05) is 5.32 Å². The van der Waals surface area contributed by atoms with Gasteiger partial charge >= 0.3 is 0 Å². The van der Waals surface area contributed by atoms with Gasteiger partial charge in [-0.25, -0.2) is 9.50 Å². The van der Waals surface area contributed by atoms with Gasteiger partial charge in [-0.1, -0.05) is 24.1 Å². The van der Waals surface area contributed by atoms with Crippen molar-refractivity contribution in [1.29, 1.82) is 0 Å². The van der Waals surface area contributed by atoms with Gasteiger partial charge in [0, 0.05) is 22.6 Å².